The van der Waals surface area contributed by atoms with E-state index in [4.69, 9.17) is 36.3 Å². The minimum Gasteiger partial charge on any atom is -0.493 e. The van der Waals surface area contributed by atoms with Gasteiger partial charge in [-0.1, -0.05) is 36.7 Å². The summed E-state index contributed by atoms with van der Waals surface area (Å²) < 4.78 is 22.6. The summed E-state index contributed by atoms with van der Waals surface area (Å²) in [5.74, 6) is 0.298. The van der Waals surface area contributed by atoms with E-state index in [1.165, 1.54) is 6.20 Å². The van der Waals surface area contributed by atoms with Gasteiger partial charge in [0.1, 0.15) is 10.8 Å². The zero-order valence-corrected chi connectivity index (χ0v) is 42.3. The number of rotatable bonds is 35. The Morgan fingerprint density at radius 2 is 1.40 bits per heavy atom. The van der Waals surface area contributed by atoms with Crippen LogP contribution in [0.25, 0.3) is 0 Å². The Kier molecular flexibility index (Phi) is 24.7. The van der Waals surface area contributed by atoms with Gasteiger partial charge in [0.05, 0.1) is 68.3 Å². The van der Waals surface area contributed by atoms with Gasteiger partial charge in [-0.25, -0.2) is 9.78 Å². The molecule has 23 heteroatoms. The number of carbonyl (C=O) groups excluding carboxylic acids is 6. The highest BCUT2D eigenvalue weighted by Crippen LogP contribution is 2.34. The molecule has 3 aromatic rings. The van der Waals surface area contributed by atoms with E-state index in [0.717, 1.165) is 37.5 Å². The van der Waals surface area contributed by atoms with Gasteiger partial charge < -0.3 is 67.2 Å². The number of anilines is 5. The molecule has 3 heterocycles. The number of aryl methyl sites for hydroxylation is 1. The van der Waals surface area contributed by atoms with Crippen molar-refractivity contribution in [3.8, 4) is 5.75 Å². The highest BCUT2D eigenvalue weighted by Gasteiger charge is 2.42. The maximum Gasteiger partial charge on any atom is 0.315 e. The number of aromatic nitrogens is 2. The van der Waals surface area contributed by atoms with Crippen LogP contribution in [0, 0.1) is 6.92 Å². The van der Waals surface area contributed by atoms with E-state index >= 15 is 0 Å². The predicted molar refractivity (Wildman–Crippen MR) is 277 cm³/mol. The Bertz CT molecular complexity index is 2300. The minimum absolute atomic E-state index is 0.0524. The topological polar surface area (TPSA) is 287 Å². The minimum atomic E-state index is -0.708. The lowest BCUT2D eigenvalue weighted by Crippen LogP contribution is -2.36. The second-order valence-electron chi connectivity index (χ2n) is 16.9. The molecule has 72 heavy (non-hydrogen) atoms. The normalized spacial score (nSPS) is 15.6. The molecule has 392 valence electrons. The van der Waals surface area contributed by atoms with E-state index in [0.29, 0.717) is 113 Å². The number of primary amides is 1. The SMILES string of the molecule is C=CC(=O)Nc1ccccc1Nc1nc(Nc2cc(C(N)=O)c(OCCCNC(=O)CCCC(=O)NCCCOCCOCCOCCCNC(=O)CCCC[C@@H]3SC[C@@H]4NC(=O)N[C@@H]43)cc2C)ncc1Cl. The average Bonchev–Trinajstić information content (AvgIpc) is 3.92. The second-order valence-corrected chi connectivity index (χ2v) is 18.6. The van der Waals surface area contributed by atoms with Gasteiger partial charge in [0.15, 0.2) is 5.82 Å². The summed E-state index contributed by atoms with van der Waals surface area (Å²) in [5.41, 5.74) is 8.07. The zero-order chi connectivity index (χ0) is 51.5. The molecule has 5 rings (SSSR count). The van der Waals surface area contributed by atoms with Gasteiger partial charge in [0, 0.05) is 68.8 Å². The van der Waals surface area contributed by atoms with E-state index in [1.807, 2.05) is 18.7 Å². The number of hydrogen-bond acceptors (Lipinski definition) is 15. The summed E-state index contributed by atoms with van der Waals surface area (Å²) in [4.78, 5) is 81.4. The summed E-state index contributed by atoms with van der Waals surface area (Å²) in [6, 6.07) is 10.6. The Morgan fingerprint density at radius 1 is 0.792 bits per heavy atom. The molecule has 10 N–H and O–H groups in total. The molecule has 0 radical (unpaired) electrons. The maximum atomic E-state index is 12.4. The fraction of sp³-hybridized carbons (Fsp3) is 0.510. The summed E-state index contributed by atoms with van der Waals surface area (Å²) in [6.07, 6.45) is 8.50. The predicted octanol–water partition coefficient (Wildman–Crippen LogP) is 4.99. The molecule has 2 aliphatic rings. The van der Waals surface area contributed by atoms with Crippen LogP contribution in [0.2, 0.25) is 5.02 Å². The van der Waals surface area contributed by atoms with Crippen LogP contribution in [0.5, 0.6) is 5.75 Å². The van der Waals surface area contributed by atoms with Crippen LogP contribution in [0.15, 0.2) is 55.3 Å². The molecule has 7 amide bonds. The molecule has 0 unspecified atom stereocenters. The molecule has 0 aliphatic carbocycles. The fourth-order valence-corrected chi connectivity index (χ4v) is 9.23. The Hall–Kier alpha value is -6.20. The molecule has 2 saturated heterocycles. The van der Waals surface area contributed by atoms with Crippen molar-refractivity contribution in [1.82, 2.24) is 36.6 Å². The largest absolute Gasteiger partial charge is 0.493 e. The van der Waals surface area contributed by atoms with E-state index in [-0.39, 0.29) is 89.3 Å². The molecule has 3 atom stereocenters. The molecular formula is C49H68ClN11O10S. The summed E-state index contributed by atoms with van der Waals surface area (Å²) >= 11 is 8.29. The highest BCUT2D eigenvalue weighted by molar-refractivity contribution is 8.00. The number of amides is 7. The third-order valence-electron chi connectivity index (χ3n) is 11.3. The molecule has 2 aromatic carbocycles. The van der Waals surface area contributed by atoms with E-state index in [9.17, 15) is 28.8 Å². The van der Waals surface area contributed by atoms with Gasteiger partial charge in [-0.2, -0.15) is 16.7 Å². The standard InChI is InChI=1S/C49H68ClN11O10S/c1-3-41(62)56-35-12-4-5-13-36(35)57-47-34(50)30-55-48(61-47)58-37-29-33(46(51)66)39(28-32(37)2)71-23-11-20-54-44(65)17-8-16-43(64)53-19-10-22-69-25-27-70-26-24-68-21-9-18-52-42(63)15-7-6-14-40-45-38(31-72-40)59-49(67)60-45/h3-5,12-13,28-30,38,40,45H,1,6-11,14-27,31H2,2H3,(H2,51,66)(H,52,63)(H,53,64)(H,54,65)(H,56,62)(H2,59,60,67)(H2,55,57,58,61)/t38-,40-,45-/m0/s1. The molecule has 2 fully saturated rings. The number of nitrogens with zero attached hydrogens (tertiary/aromatic N) is 2. The van der Waals surface area contributed by atoms with Crippen LogP contribution in [0.1, 0.15) is 80.1 Å². The number of hydrogen-bond donors (Lipinski definition) is 9. The number of halogens is 1. The van der Waals surface area contributed by atoms with Crippen LogP contribution >= 0.6 is 23.4 Å². The summed E-state index contributed by atoms with van der Waals surface area (Å²) in [7, 11) is 0. The van der Waals surface area contributed by atoms with Gasteiger partial charge in [0.2, 0.25) is 29.6 Å². The first kappa shape index (κ1) is 56.7. The number of para-hydroxylation sites is 2. The van der Waals surface area contributed by atoms with Crippen LogP contribution in [0.4, 0.5) is 33.6 Å². The van der Waals surface area contributed by atoms with Crippen molar-refractivity contribution in [2.24, 2.45) is 5.73 Å². The number of thioether (sulfide) groups is 1. The third kappa shape index (κ3) is 20.1. The van der Waals surface area contributed by atoms with E-state index in [2.05, 4.69) is 59.1 Å². The van der Waals surface area contributed by atoms with Gasteiger partial charge in [0.25, 0.3) is 5.91 Å². The summed E-state index contributed by atoms with van der Waals surface area (Å²) in [6.45, 7) is 9.61. The van der Waals surface area contributed by atoms with E-state index in [1.54, 1.807) is 36.4 Å². The first-order valence-electron chi connectivity index (χ1n) is 24.3. The Balaban J connectivity index is 0.822. The molecule has 0 bridgehead atoms. The molecule has 2 aliphatic heterocycles. The number of carbonyl (C=O) groups is 6. The van der Waals surface area contributed by atoms with Crippen LogP contribution in [0.3, 0.4) is 0 Å². The van der Waals surface area contributed by atoms with E-state index < -0.39 is 5.91 Å². The quantitative estimate of drug-likeness (QED) is 0.0213. The highest BCUT2D eigenvalue weighted by atomic mass is 35.5. The Labute approximate surface area is 429 Å². The number of nitrogens with two attached hydrogens (primary N) is 1. The molecular weight excluding hydrogens is 970 g/mol. The molecule has 21 nitrogen and oxygen atoms in total. The van der Waals surface area contributed by atoms with Crippen molar-refractivity contribution in [2.45, 2.75) is 88.5 Å². The molecule has 0 spiro atoms. The smallest absolute Gasteiger partial charge is 0.315 e. The number of nitrogens with one attached hydrogen (secondary N) is 8. The van der Waals surface area contributed by atoms with Gasteiger partial charge in [-0.15, -0.1) is 0 Å². The first-order valence-corrected chi connectivity index (χ1v) is 25.7. The summed E-state index contributed by atoms with van der Waals surface area (Å²) in [5, 5.41) is 24.1. The van der Waals surface area contributed by atoms with Crippen LogP contribution in [-0.4, -0.2) is 135 Å². The van der Waals surface area contributed by atoms with Crippen LogP contribution in [-0.2, 0) is 33.4 Å². The average molecular weight is 1040 g/mol. The number of ether oxygens (including phenoxy) is 4. The fourth-order valence-electron chi connectivity index (χ4n) is 7.55. The monoisotopic (exact) mass is 1040 g/mol. The van der Waals surface area contributed by atoms with Crippen molar-refractivity contribution in [1.29, 1.82) is 0 Å². The van der Waals surface area contributed by atoms with Crippen molar-refractivity contribution in [3.63, 3.8) is 0 Å². The second kappa shape index (κ2) is 31.3. The lowest BCUT2D eigenvalue weighted by Gasteiger charge is -2.16. The van der Waals surface area contributed by atoms with Crippen LogP contribution < -0.4 is 53.0 Å². The number of unbranched alkanes of at least 4 members (excludes halogenated alkanes) is 1. The van der Waals surface area contributed by atoms with Crippen molar-refractivity contribution in [2.75, 3.05) is 87.6 Å². The van der Waals surface area contributed by atoms with Crippen molar-refractivity contribution < 1.29 is 47.7 Å². The molecule has 0 saturated carbocycles. The van der Waals surface area contributed by atoms with Gasteiger partial charge in [-0.3, -0.25) is 24.0 Å². The molecule has 1 aromatic heterocycles. The zero-order valence-electron chi connectivity index (χ0n) is 40.7. The van der Waals surface area contributed by atoms with Crippen molar-refractivity contribution >= 4 is 87.8 Å². The lowest BCUT2D eigenvalue weighted by atomic mass is 10.0. The first-order chi connectivity index (χ1) is 34.9. The van der Waals surface area contributed by atoms with Gasteiger partial charge >= 0.3 is 6.03 Å². The Morgan fingerprint density at radius 3 is 2.04 bits per heavy atom. The lowest BCUT2D eigenvalue weighted by molar-refractivity contribution is -0.123. The number of fused-ring (bicyclic) bond motifs is 1. The maximum absolute atomic E-state index is 12.4. The third-order valence-corrected chi connectivity index (χ3v) is 13.1. The van der Waals surface area contributed by atoms with Crippen molar-refractivity contribution in [3.05, 3.63) is 71.4 Å². The number of benzene rings is 2. The number of urea groups is 1. The van der Waals surface area contributed by atoms with Gasteiger partial charge in [-0.05, 0) is 81.4 Å².